The highest BCUT2D eigenvalue weighted by molar-refractivity contribution is 5.79. The van der Waals surface area contributed by atoms with Gasteiger partial charge in [0, 0.05) is 19.3 Å². The number of fused-ring (bicyclic) bond motifs is 1. The molecular formula is C19H22N4O3. The van der Waals surface area contributed by atoms with E-state index in [4.69, 9.17) is 4.42 Å². The van der Waals surface area contributed by atoms with Gasteiger partial charge in [-0.1, -0.05) is 12.8 Å². The van der Waals surface area contributed by atoms with Crippen molar-refractivity contribution in [2.24, 2.45) is 0 Å². The van der Waals surface area contributed by atoms with Crippen LogP contribution >= 0.6 is 0 Å². The third kappa shape index (κ3) is 3.16. The number of rotatable bonds is 4. The number of nitrogens with zero attached hydrogens (tertiary/aromatic N) is 4. The van der Waals surface area contributed by atoms with E-state index in [0.717, 1.165) is 38.8 Å². The fourth-order valence-electron chi connectivity index (χ4n) is 3.56. The van der Waals surface area contributed by atoms with Crippen molar-refractivity contribution in [3.05, 3.63) is 53.0 Å². The molecule has 4 rings (SSSR count). The average molecular weight is 354 g/mol. The zero-order chi connectivity index (χ0) is 17.9. The second kappa shape index (κ2) is 7.19. The summed E-state index contributed by atoms with van der Waals surface area (Å²) >= 11 is 0. The number of amides is 1. The lowest BCUT2D eigenvalue weighted by Crippen LogP contribution is -2.37. The second-order valence-electron chi connectivity index (χ2n) is 6.68. The van der Waals surface area contributed by atoms with E-state index in [1.54, 1.807) is 29.2 Å². The highest BCUT2D eigenvalue weighted by Crippen LogP contribution is 2.14. The van der Waals surface area contributed by atoms with Gasteiger partial charge < -0.3 is 9.32 Å². The number of likely N-dealkylation sites (tertiary alicyclic amines) is 1. The van der Waals surface area contributed by atoms with Crippen LogP contribution in [0.4, 0.5) is 0 Å². The van der Waals surface area contributed by atoms with Crippen LogP contribution in [-0.2, 0) is 17.9 Å². The monoisotopic (exact) mass is 354 g/mol. The molecule has 4 heterocycles. The molecule has 1 saturated heterocycles. The number of pyridine rings is 1. The summed E-state index contributed by atoms with van der Waals surface area (Å²) in [5.41, 5.74) is 1.00. The van der Waals surface area contributed by atoms with Gasteiger partial charge in [-0.25, -0.2) is 9.78 Å². The van der Waals surface area contributed by atoms with Gasteiger partial charge in [-0.3, -0.25) is 13.9 Å². The predicted octanol–water partition coefficient (Wildman–Crippen LogP) is 2.24. The standard InChI is InChI=1S/C19H22N4O3/c24-17(21-10-3-1-2-4-11-21)14-22-16-8-5-9-20-18(16)23(19(22)25)13-15-7-6-12-26-15/h5-9,12H,1-4,10-11,13-14H2. The summed E-state index contributed by atoms with van der Waals surface area (Å²) in [6.07, 6.45) is 7.62. The van der Waals surface area contributed by atoms with E-state index in [2.05, 4.69) is 4.98 Å². The first-order chi connectivity index (χ1) is 12.7. The summed E-state index contributed by atoms with van der Waals surface area (Å²) in [7, 11) is 0. The Morgan fingerprint density at radius 2 is 1.88 bits per heavy atom. The first-order valence-corrected chi connectivity index (χ1v) is 9.08. The minimum absolute atomic E-state index is 0.00472. The summed E-state index contributed by atoms with van der Waals surface area (Å²) in [4.78, 5) is 32.0. The van der Waals surface area contributed by atoms with Crippen molar-refractivity contribution in [1.29, 1.82) is 0 Å². The van der Waals surface area contributed by atoms with Crippen molar-refractivity contribution in [2.75, 3.05) is 13.1 Å². The number of furan rings is 1. The molecule has 7 nitrogen and oxygen atoms in total. The van der Waals surface area contributed by atoms with Crippen LogP contribution in [-0.4, -0.2) is 38.0 Å². The Kier molecular flexibility index (Phi) is 4.60. The highest BCUT2D eigenvalue weighted by Gasteiger charge is 2.21. The molecule has 0 unspecified atom stereocenters. The Morgan fingerprint density at radius 3 is 2.62 bits per heavy atom. The van der Waals surface area contributed by atoms with Gasteiger partial charge in [0.1, 0.15) is 12.3 Å². The van der Waals surface area contributed by atoms with Gasteiger partial charge in [0.05, 0.1) is 18.3 Å². The summed E-state index contributed by atoms with van der Waals surface area (Å²) < 4.78 is 8.45. The molecule has 0 aromatic carbocycles. The van der Waals surface area contributed by atoms with Gasteiger partial charge in [0.2, 0.25) is 5.91 Å². The number of hydrogen-bond acceptors (Lipinski definition) is 4. The Bertz CT molecular complexity index is 947. The van der Waals surface area contributed by atoms with Crippen molar-refractivity contribution in [1.82, 2.24) is 19.0 Å². The third-order valence-corrected chi connectivity index (χ3v) is 4.92. The minimum Gasteiger partial charge on any atom is -0.467 e. The van der Waals surface area contributed by atoms with Gasteiger partial charge in [0.25, 0.3) is 0 Å². The van der Waals surface area contributed by atoms with Crippen LogP contribution in [0.1, 0.15) is 31.4 Å². The van der Waals surface area contributed by atoms with Crippen LogP contribution in [0, 0.1) is 0 Å². The quantitative estimate of drug-likeness (QED) is 0.720. The molecular weight excluding hydrogens is 332 g/mol. The molecule has 0 spiro atoms. The molecule has 0 radical (unpaired) electrons. The molecule has 0 atom stereocenters. The number of imidazole rings is 1. The first-order valence-electron chi connectivity index (χ1n) is 9.08. The maximum Gasteiger partial charge on any atom is 0.331 e. The molecule has 7 heteroatoms. The molecule has 1 amide bonds. The maximum atomic E-state index is 13.0. The van der Waals surface area contributed by atoms with E-state index in [0.29, 0.717) is 23.5 Å². The van der Waals surface area contributed by atoms with Crippen molar-refractivity contribution in [3.8, 4) is 0 Å². The normalized spacial score (nSPS) is 15.3. The lowest BCUT2D eigenvalue weighted by molar-refractivity contribution is -0.131. The highest BCUT2D eigenvalue weighted by atomic mass is 16.3. The van der Waals surface area contributed by atoms with Crippen molar-refractivity contribution in [3.63, 3.8) is 0 Å². The molecule has 136 valence electrons. The minimum atomic E-state index is -0.238. The van der Waals surface area contributed by atoms with Gasteiger partial charge >= 0.3 is 5.69 Å². The largest absolute Gasteiger partial charge is 0.467 e. The summed E-state index contributed by atoms with van der Waals surface area (Å²) in [5.74, 6) is 0.672. The smallest absolute Gasteiger partial charge is 0.331 e. The van der Waals surface area contributed by atoms with E-state index in [-0.39, 0.29) is 18.1 Å². The van der Waals surface area contributed by atoms with Gasteiger partial charge in [-0.2, -0.15) is 0 Å². The molecule has 0 saturated carbocycles. The average Bonchev–Trinajstić information content (AvgIpc) is 3.14. The SMILES string of the molecule is O=C(Cn1c(=O)n(Cc2ccco2)c2ncccc21)N1CCCCCC1. The van der Waals surface area contributed by atoms with Crippen LogP contribution in [0.2, 0.25) is 0 Å². The Balaban J connectivity index is 1.67. The molecule has 0 N–H and O–H groups in total. The fraction of sp³-hybridized carbons (Fsp3) is 0.421. The topological polar surface area (TPSA) is 73.3 Å². The van der Waals surface area contributed by atoms with Gasteiger partial charge in [-0.15, -0.1) is 0 Å². The van der Waals surface area contributed by atoms with E-state index < -0.39 is 0 Å². The van der Waals surface area contributed by atoms with Crippen molar-refractivity contribution < 1.29 is 9.21 Å². The van der Waals surface area contributed by atoms with Gasteiger partial charge in [0.15, 0.2) is 5.65 Å². The molecule has 0 aliphatic carbocycles. The summed E-state index contributed by atoms with van der Waals surface area (Å²) in [6.45, 7) is 1.89. The van der Waals surface area contributed by atoms with Crippen LogP contribution in [0.25, 0.3) is 11.2 Å². The van der Waals surface area contributed by atoms with Crippen LogP contribution in [0.5, 0.6) is 0 Å². The molecule has 26 heavy (non-hydrogen) atoms. The molecule has 1 aliphatic heterocycles. The molecule has 3 aromatic heterocycles. The number of aromatic nitrogens is 3. The Morgan fingerprint density at radius 1 is 1.08 bits per heavy atom. The molecule has 1 aliphatic rings. The fourth-order valence-corrected chi connectivity index (χ4v) is 3.56. The summed E-state index contributed by atoms with van der Waals surface area (Å²) in [6, 6.07) is 7.22. The lowest BCUT2D eigenvalue weighted by atomic mass is 10.2. The number of hydrogen-bond donors (Lipinski definition) is 0. The molecule has 3 aromatic rings. The third-order valence-electron chi connectivity index (χ3n) is 4.92. The number of carbonyl (C=O) groups is 1. The molecule has 0 bridgehead atoms. The summed E-state index contributed by atoms with van der Waals surface area (Å²) in [5, 5.41) is 0. The van der Waals surface area contributed by atoms with E-state index in [1.807, 2.05) is 17.0 Å². The zero-order valence-corrected chi connectivity index (χ0v) is 14.6. The molecule has 1 fully saturated rings. The predicted molar refractivity (Wildman–Crippen MR) is 96.9 cm³/mol. The van der Waals surface area contributed by atoms with Crippen molar-refractivity contribution >= 4 is 17.1 Å². The van der Waals surface area contributed by atoms with Crippen LogP contribution in [0.3, 0.4) is 0 Å². The van der Waals surface area contributed by atoms with Crippen molar-refractivity contribution in [2.45, 2.75) is 38.8 Å². The maximum absolute atomic E-state index is 13.0. The number of carbonyl (C=O) groups excluding carboxylic acids is 1. The second-order valence-corrected chi connectivity index (χ2v) is 6.68. The zero-order valence-electron chi connectivity index (χ0n) is 14.6. The van der Waals surface area contributed by atoms with Crippen LogP contribution < -0.4 is 5.69 Å². The lowest BCUT2D eigenvalue weighted by Gasteiger charge is -2.20. The first kappa shape index (κ1) is 16.6. The Hall–Kier alpha value is -2.83. The Labute approximate surface area is 150 Å². The van der Waals surface area contributed by atoms with Crippen LogP contribution in [0.15, 0.2) is 45.9 Å². The van der Waals surface area contributed by atoms with E-state index >= 15 is 0 Å². The van der Waals surface area contributed by atoms with E-state index in [1.165, 1.54) is 4.57 Å². The van der Waals surface area contributed by atoms with E-state index in [9.17, 15) is 9.59 Å². The van der Waals surface area contributed by atoms with Gasteiger partial charge in [-0.05, 0) is 37.1 Å².